The van der Waals surface area contributed by atoms with Gasteiger partial charge in [-0.25, -0.2) is 0 Å². The van der Waals surface area contributed by atoms with Crippen LogP contribution in [0.3, 0.4) is 0 Å². The number of nitrogens with one attached hydrogen (secondary N) is 1. The van der Waals surface area contributed by atoms with Crippen LogP contribution in [0.1, 0.15) is 37.9 Å². The van der Waals surface area contributed by atoms with E-state index >= 15 is 0 Å². The smallest absolute Gasteiger partial charge is 0.296 e. The first-order chi connectivity index (χ1) is 13.3. The predicted octanol–water partition coefficient (Wildman–Crippen LogP) is 3.07. The van der Waals surface area contributed by atoms with Crippen molar-refractivity contribution in [3.05, 3.63) is 63.7 Å². The average molecular weight is 386 g/mol. The molecular weight excluding hydrogens is 358 g/mol. The molecule has 7 nitrogen and oxygen atoms in total. The molecule has 28 heavy (non-hydrogen) atoms. The van der Waals surface area contributed by atoms with Gasteiger partial charge in [0.25, 0.3) is 11.6 Å². The van der Waals surface area contributed by atoms with E-state index in [0.717, 1.165) is 12.0 Å². The lowest BCUT2D eigenvalue weighted by atomic mass is 9.95. The van der Waals surface area contributed by atoms with Gasteiger partial charge in [0.2, 0.25) is 0 Å². The lowest BCUT2D eigenvalue weighted by molar-refractivity contribution is -0.692. The molecule has 1 amide bonds. The number of hydrogen-bond acceptors (Lipinski definition) is 4. The van der Waals surface area contributed by atoms with Crippen LogP contribution in [0.5, 0.6) is 5.75 Å². The number of aryl methyl sites for hydroxylation is 1. The normalized spacial score (nSPS) is 11.9. The van der Waals surface area contributed by atoms with E-state index in [0.29, 0.717) is 11.7 Å². The van der Waals surface area contributed by atoms with Crippen LogP contribution in [-0.2, 0) is 11.2 Å². The van der Waals surface area contributed by atoms with E-state index in [-0.39, 0.29) is 29.9 Å². The molecule has 0 spiro atoms. The van der Waals surface area contributed by atoms with Crippen molar-refractivity contribution in [1.82, 2.24) is 0 Å². The van der Waals surface area contributed by atoms with Gasteiger partial charge in [-0.1, -0.05) is 45.0 Å². The molecular formula is C21H28N3O4+. The first-order valence-corrected chi connectivity index (χ1v) is 9.40. The first-order valence-electron chi connectivity index (χ1n) is 9.40. The molecule has 0 radical (unpaired) electrons. The van der Waals surface area contributed by atoms with Crippen LogP contribution >= 0.6 is 0 Å². The second-order valence-corrected chi connectivity index (χ2v) is 6.99. The number of amides is 1. The second kappa shape index (κ2) is 9.85. The number of ether oxygens (including phenoxy) is 1. The van der Waals surface area contributed by atoms with Gasteiger partial charge in [-0.05, 0) is 24.1 Å². The number of quaternary nitrogens is 1. The van der Waals surface area contributed by atoms with E-state index in [4.69, 9.17) is 4.74 Å². The molecule has 2 rings (SSSR count). The van der Waals surface area contributed by atoms with Crippen LogP contribution in [-0.4, -0.2) is 24.5 Å². The molecule has 0 aliphatic rings. The highest BCUT2D eigenvalue weighted by molar-refractivity contribution is 5.93. The molecule has 0 aliphatic carbocycles. The van der Waals surface area contributed by atoms with Crippen LogP contribution in [0, 0.1) is 16.0 Å². The Bertz CT molecular complexity index is 819. The number of benzene rings is 2. The quantitative estimate of drug-likeness (QED) is 0.511. The number of rotatable bonds is 9. The first kappa shape index (κ1) is 21.4. The van der Waals surface area contributed by atoms with Crippen LogP contribution in [0.15, 0.2) is 42.5 Å². The van der Waals surface area contributed by atoms with Crippen LogP contribution in [0.25, 0.3) is 0 Å². The maximum Gasteiger partial charge on any atom is 0.296 e. The molecule has 0 unspecified atom stereocenters. The third-order valence-corrected chi connectivity index (χ3v) is 4.72. The summed E-state index contributed by atoms with van der Waals surface area (Å²) in [6.45, 7) is 6.51. The van der Waals surface area contributed by atoms with Crippen molar-refractivity contribution in [2.45, 2.75) is 33.2 Å². The molecule has 7 heteroatoms. The monoisotopic (exact) mass is 386 g/mol. The number of hydrogen-bond donors (Lipinski definition) is 2. The third-order valence-electron chi connectivity index (χ3n) is 4.72. The van der Waals surface area contributed by atoms with Crippen LogP contribution < -0.4 is 15.4 Å². The van der Waals surface area contributed by atoms with Gasteiger partial charge in [-0.2, -0.15) is 0 Å². The van der Waals surface area contributed by atoms with Crippen molar-refractivity contribution in [2.24, 2.45) is 5.92 Å². The van der Waals surface area contributed by atoms with E-state index in [1.54, 1.807) is 6.07 Å². The Hall–Kier alpha value is -2.93. The SMILES string of the molecule is CCc1ccc([C@@H]([NH2+]CC(=O)Nc2ccc(OC)cc2[N+](=O)[O-])C(C)C)cc1. The maximum atomic E-state index is 12.4. The van der Waals surface area contributed by atoms with Gasteiger partial charge >= 0.3 is 0 Å². The second-order valence-electron chi connectivity index (χ2n) is 6.99. The molecule has 0 fully saturated rings. The van der Waals surface area contributed by atoms with Gasteiger partial charge < -0.3 is 15.4 Å². The summed E-state index contributed by atoms with van der Waals surface area (Å²) >= 11 is 0. The predicted molar refractivity (Wildman–Crippen MR) is 108 cm³/mol. The molecule has 2 aromatic carbocycles. The van der Waals surface area contributed by atoms with Gasteiger partial charge in [0.1, 0.15) is 17.5 Å². The van der Waals surface area contributed by atoms with Crippen LogP contribution in [0.2, 0.25) is 0 Å². The van der Waals surface area contributed by atoms with Crippen molar-refractivity contribution >= 4 is 17.3 Å². The highest BCUT2D eigenvalue weighted by Gasteiger charge is 2.22. The van der Waals surface area contributed by atoms with Crippen molar-refractivity contribution in [3.8, 4) is 5.75 Å². The Morgan fingerprint density at radius 3 is 2.43 bits per heavy atom. The third kappa shape index (κ3) is 5.53. The standard InChI is InChI=1S/C21H27N3O4/c1-5-15-6-8-16(9-7-15)21(14(2)3)22-13-20(25)23-18-11-10-17(28-4)12-19(18)24(26)27/h6-12,14,21-22H,5,13H2,1-4H3,(H,23,25)/p+1/t21-/m0/s1. The molecule has 0 saturated heterocycles. The molecule has 0 heterocycles. The minimum Gasteiger partial charge on any atom is -0.496 e. The number of nitro benzene ring substituents is 1. The highest BCUT2D eigenvalue weighted by atomic mass is 16.6. The van der Waals surface area contributed by atoms with E-state index in [1.807, 2.05) is 5.32 Å². The Labute approximate surface area is 165 Å². The van der Waals surface area contributed by atoms with Gasteiger partial charge in [0.05, 0.1) is 18.1 Å². The number of nitro groups is 1. The Kier molecular flexibility index (Phi) is 7.52. The van der Waals surface area contributed by atoms with Crippen molar-refractivity contribution < 1.29 is 19.8 Å². The largest absolute Gasteiger partial charge is 0.496 e. The fourth-order valence-electron chi connectivity index (χ4n) is 3.10. The molecule has 1 atom stereocenters. The van der Waals surface area contributed by atoms with Gasteiger partial charge in [-0.3, -0.25) is 14.9 Å². The molecule has 0 bridgehead atoms. The fourth-order valence-corrected chi connectivity index (χ4v) is 3.10. The molecule has 3 N–H and O–H groups in total. The summed E-state index contributed by atoms with van der Waals surface area (Å²) in [5, 5.41) is 15.9. The topological polar surface area (TPSA) is 98.1 Å². The van der Waals surface area contributed by atoms with Gasteiger partial charge in [0, 0.05) is 11.5 Å². The van der Waals surface area contributed by atoms with Crippen LogP contribution in [0.4, 0.5) is 11.4 Å². The van der Waals surface area contributed by atoms with Crippen molar-refractivity contribution in [1.29, 1.82) is 0 Å². The number of carbonyl (C=O) groups is 1. The van der Waals surface area contributed by atoms with E-state index < -0.39 is 4.92 Å². The van der Waals surface area contributed by atoms with Crippen molar-refractivity contribution in [2.75, 3.05) is 19.0 Å². The number of methoxy groups -OCH3 is 1. The minimum atomic E-state index is -0.534. The van der Waals surface area contributed by atoms with E-state index in [2.05, 4.69) is 50.4 Å². The Morgan fingerprint density at radius 2 is 1.89 bits per heavy atom. The average Bonchev–Trinajstić information content (AvgIpc) is 2.68. The Morgan fingerprint density at radius 1 is 1.21 bits per heavy atom. The summed E-state index contributed by atoms with van der Waals surface area (Å²) in [5.74, 6) is 0.409. The summed E-state index contributed by atoms with van der Waals surface area (Å²) in [4.78, 5) is 23.1. The molecule has 0 aromatic heterocycles. The fraction of sp³-hybridized carbons (Fsp3) is 0.381. The molecule has 150 valence electrons. The zero-order valence-corrected chi connectivity index (χ0v) is 16.8. The summed E-state index contributed by atoms with van der Waals surface area (Å²) < 4.78 is 5.01. The van der Waals surface area contributed by atoms with E-state index in [9.17, 15) is 14.9 Å². The number of nitrogens with two attached hydrogens (primary N) is 1. The lowest BCUT2D eigenvalue weighted by Gasteiger charge is -2.20. The Balaban J connectivity index is 2.06. The number of carbonyl (C=O) groups excluding carboxylic acids is 1. The number of anilines is 1. The molecule has 2 aromatic rings. The number of nitrogens with zero attached hydrogens (tertiary/aromatic N) is 1. The molecule has 0 saturated carbocycles. The summed E-state index contributed by atoms with van der Waals surface area (Å²) in [7, 11) is 1.44. The lowest BCUT2D eigenvalue weighted by Crippen LogP contribution is -2.88. The van der Waals surface area contributed by atoms with Gasteiger partial charge in [-0.15, -0.1) is 0 Å². The molecule has 0 aliphatic heterocycles. The maximum absolute atomic E-state index is 12.4. The zero-order chi connectivity index (χ0) is 20.7. The van der Waals surface area contributed by atoms with Crippen molar-refractivity contribution in [3.63, 3.8) is 0 Å². The minimum absolute atomic E-state index is 0.127. The highest BCUT2D eigenvalue weighted by Crippen LogP contribution is 2.28. The zero-order valence-electron chi connectivity index (χ0n) is 16.8. The summed E-state index contributed by atoms with van der Waals surface area (Å²) in [6, 6.07) is 12.9. The van der Waals surface area contributed by atoms with Gasteiger partial charge in [0.15, 0.2) is 6.54 Å². The van der Waals surface area contributed by atoms with E-state index in [1.165, 1.54) is 24.8 Å². The summed E-state index contributed by atoms with van der Waals surface area (Å²) in [6.07, 6.45) is 0.986. The summed E-state index contributed by atoms with van der Waals surface area (Å²) in [5.41, 5.74) is 2.41.